The molecule has 2 heterocycles. The van der Waals surface area contributed by atoms with Crippen LogP contribution < -0.4 is 16.0 Å². The monoisotopic (exact) mass is 377 g/mol. The van der Waals surface area contributed by atoms with E-state index in [0.717, 1.165) is 36.4 Å². The molecule has 2 unspecified atom stereocenters. The quantitative estimate of drug-likeness (QED) is 0.744. The van der Waals surface area contributed by atoms with Crippen LogP contribution in [0.2, 0.25) is 0 Å². The Morgan fingerprint density at radius 2 is 2.19 bits per heavy atom. The number of benzene rings is 1. The number of aryl methyl sites for hydroxylation is 1. The van der Waals surface area contributed by atoms with E-state index in [4.69, 9.17) is 4.74 Å². The van der Waals surface area contributed by atoms with Gasteiger partial charge in [-0.2, -0.15) is 0 Å². The van der Waals surface area contributed by atoms with Gasteiger partial charge in [-0.1, -0.05) is 12.1 Å². The first-order valence-electron chi connectivity index (χ1n) is 8.86. The number of anilines is 1. The van der Waals surface area contributed by atoms with Gasteiger partial charge in [-0.25, -0.2) is 4.79 Å². The second kappa shape index (κ2) is 8.44. The van der Waals surface area contributed by atoms with Gasteiger partial charge in [-0.05, 0) is 43.6 Å². The van der Waals surface area contributed by atoms with Gasteiger partial charge in [0.05, 0.1) is 29.1 Å². The average Bonchev–Trinajstić information content (AvgIpc) is 3.09. The molecular weight excluding hydrogens is 354 g/mol. The minimum Gasteiger partial charge on any atom is -0.450 e. The summed E-state index contributed by atoms with van der Waals surface area (Å²) in [7, 11) is 0. The number of thioether (sulfide) groups is 1. The van der Waals surface area contributed by atoms with Crippen LogP contribution in [-0.4, -0.2) is 42.2 Å². The lowest BCUT2D eigenvalue weighted by Gasteiger charge is -2.23. The second-order valence-electron chi connectivity index (χ2n) is 6.24. The number of carbonyl (C=O) groups is 3. The molecule has 1 aromatic carbocycles. The van der Waals surface area contributed by atoms with Gasteiger partial charge in [-0.15, -0.1) is 11.8 Å². The number of carbonyl (C=O) groups excluding carboxylic acids is 3. The van der Waals surface area contributed by atoms with Crippen LogP contribution in [0.25, 0.3) is 0 Å². The van der Waals surface area contributed by atoms with E-state index in [1.54, 1.807) is 13.0 Å². The van der Waals surface area contributed by atoms with Crippen molar-refractivity contribution in [2.24, 2.45) is 5.92 Å². The van der Waals surface area contributed by atoms with Crippen molar-refractivity contribution in [1.29, 1.82) is 0 Å². The van der Waals surface area contributed by atoms with Crippen molar-refractivity contribution in [2.45, 2.75) is 31.6 Å². The highest BCUT2D eigenvalue weighted by atomic mass is 32.2. The molecule has 1 aromatic rings. The van der Waals surface area contributed by atoms with E-state index in [-0.39, 0.29) is 17.9 Å². The molecule has 1 fully saturated rings. The highest BCUT2D eigenvalue weighted by Gasteiger charge is 2.36. The standard InChI is InChI=1S/C18H23N3O4S/c1-2-25-18(24)21-16(23)13-8-10-26-17(13)20-15(22)12-7-3-5-11-6-4-9-19-14(11)12/h3,5,7,13,17,19H,2,4,6,8-10H2,1H3,(H,20,22)(H,21,23,24). The smallest absolute Gasteiger partial charge is 0.413 e. The molecule has 3 N–H and O–H groups in total. The van der Waals surface area contributed by atoms with Crippen molar-refractivity contribution in [3.63, 3.8) is 0 Å². The molecule has 26 heavy (non-hydrogen) atoms. The van der Waals surface area contributed by atoms with Crippen LogP contribution >= 0.6 is 11.8 Å². The number of alkyl carbamates (subject to hydrolysis) is 1. The normalized spacial score (nSPS) is 21.3. The lowest BCUT2D eigenvalue weighted by atomic mass is 9.98. The highest BCUT2D eigenvalue weighted by molar-refractivity contribution is 8.00. The van der Waals surface area contributed by atoms with E-state index in [2.05, 4.69) is 16.0 Å². The van der Waals surface area contributed by atoms with Crippen molar-refractivity contribution in [1.82, 2.24) is 10.6 Å². The predicted molar refractivity (Wildman–Crippen MR) is 100 cm³/mol. The van der Waals surface area contributed by atoms with E-state index >= 15 is 0 Å². The topological polar surface area (TPSA) is 96.5 Å². The Balaban J connectivity index is 1.67. The van der Waals surface area contributed by atoms with Gasteiger partial charge in [0, 0.05) is 6.54 Å². The van der Waals surface area contributed by atoms with Gasteiger partial charge in [-0.3, -0.25) is 14.9 Å². The van der Waals surface area contributed by atoms with E-state index in [9.17, 15) is 14.4 Å². The first-order valence-corrected chi connectivity index (χ1v) is 9.91. The van der Waals surface area contributed by atoms with Gasteiger partial charge in [0.2, 0.25) is 5.91 Å². The molecule has 0 aliphatic carbocycles. The number of imide groups is 1. The largest absolute Gasteiger partial charge is 0.450 e. The van der Waals surface area contributed by atoms with Crippen molar-refractivity contribution in [2.75, 3.05) is 24.2 Å². The van der Waals surface area contributed by atoms with Crippen molar-refractivity contribution < 1.29 is 19.1 Å². The molecule has 1 saturated heterocycles. The molecule has 2 aliphatic rings. The summed E-state index contributed by atoms with van der Waals surface area (Å²) < 4.78 is 4.75. The maximum Gasteiger partial charge on any atom is 0.413 e. The fraction of sp³-hybridized carbons (Fsp3) is 0.500. The van der Waals surface area contributed by atoms with Crippen LogP contribution in [-0.2, 0) is 16.0 Å². The lowest BCUT2D eigenvalue weighted by Crippen LogP contribution is -2.44. The SMILES string of the molecule is CCOC(=O)NC(=O)C1CCSC1NC(=O)c1cccc2c1NCCC2. The molecule has 8 heteroatoms. The molecular formula is C18H23N3O4S. The van der Waals surface area contributed by atoms with Crippen LogP contribution in [0.1, 0.15) is 35.7 Å². The molecule has 2 atom stereocenters. The van der Waals surface area contributed by atoms with Crippen molar-refractivity contribution in [3.8, 4) is 0 Å². The van der Waals surface area contributed by atoms with Gasteiger partial charge in [0.25, 0.3) is 5.91 Å². The van der Waals surface area contributed by atoms with Crippen LogP contribution in [0, 0.1) is 5.92 Å². The third-order valence-corrected chi connectivity index (χ3v) is 5.80. The molecule has 3 amide bonds. The maximum atomic E-state index is 12.8. The van der Waals surface area contributed by atoms with Gasteiger partial charge >= 0.3 is 6.09 Å². The summed E-state index contributed by atoms with van der Waals surface area (Å²) in [6.45, 7) is 2.72. The Kier molecular flexibility index (Phi) is 6.03. The van der Waals surface area contributed by atoms with E-state index in [0.29, 0.717) is 12.0 Å². The van der Waals surface area contributed by atoms with Crippen LogP contribution in [0.4, 0.5) is 10.5 Å². The van der Waals surface area contributed by atoms with E-state index in [1.165, 1.54) is 11.8 Å². The lowest BCUT2D eigenvalue weighted by molar-refractivity contribution is -0.124. The number of hydrogen-bond donors (Lipinski definition) is 3. The third kappa shape index (κ3) is 4.12. The van der Waals surface area contributed by atoms with Gasteiger partial charge in [0.1, 0.15) is 0 Å². The van der Waals surface area contributed by atoms with Crippen molar-refractivity contribution in [3.05, 3.63) is 29.3 Å². The molecule has 0 saturated carbocycles. The summed E-state index contributed by atoms with van der Waals surface area (Å²) in [5, 5.41) is 8.13. The summed E-state index contributed by atoms with van der Waals surface area (Å²) in [6, 6.07) is 5.70. The first-order chi connectivity index (χ1) is 12.6. The molecule has 0 aromatic heterocycles. The average molecular weight is 377 g/mol. The zero-order valence-corrected chi connectivity index (χ0v) is 15.5. The minimum atomic E-state index is -0.749. The molecule has 3 rings (SSSR count). The molecule has 0 radical (unpaired) electrons. The van der Waals surface area contributed by atoms with E-state index in [1.807, 2.05) is 12.1 Å². The minimum absolute atomic E-state index is 0.199. The molecule has 7 nitrogen and oxygen atoms in total. The highest BCUT2D eigenvalue weighted by Crippen LogP contribution is 2.32. The summed E-state index contributed by atoms with van der Waals surface area (Å²) in [6.07, 6.45) is 1.85. The Morgan fingerprint density at radius 3 is 3.00 bits per heavy atom. The Bertz CT molecular complexity index is 710. The number of rotatable bonds is 4. The fourth-order valence-electron chi connectivity index (χ4n) is 3.27. The van der Waals surface area contributed by atoms with Crippen LogP contribution in [0.15, 0.2) is 18.2 Å². The second-order valence-corrected chi connectivity index (χ2v) is 7.49. The van der Waals surface area contributed by atoms with Crippen LogP contribution in [0.5, 0.6) is 0 Å². The number of hydrogen-bond acceptors (Lipinski definition) is 6. The number of fused-ring (bicyclic) bond motifs is 1. The zero-order chi connectivity index (χ0) is 18.5. The Hall–Kier alpha value is -2.22. The maximum absolute atomic E-state index is 12.8. The zero-order valence-electron chi connectivity index (χ0n) is 14.7. The van der Waals surface area contributed by atoms with E-state index < -0.39 is 17.9 Å². The van der Waals surface area contributed by atoms with Crippen LogP contribution in [0.3, 0.4) is 0 Å². The summed E-state index contributed by atoms with van der Waals surface area (Å²) in [5.41, 5.74) is 2.62. The summed E-state index contributed by atoms with van der Waals surface area (Å²) >= 11 is 1.51. The van der Waals surface area contributed by atoms with Gasteiger partial charge < -0.3 is 15.4 Å². The summed E-state index contributed by atoms with van der Waals surface area (Å²) in [4.78, 5) is 36.5. The molecule has 140 valence electrons. The Labute approximate surface area is 156 Å². The fourth-order valence-corrected chi connectivity index (χ4v) is 4.59. The third-order valence-electron chi connectivity index (χ3n) is 4.52. The van der Waals surface area contributed by atoms with Gasteiger partial charge in [0.15, 0.2) is 0 Å². The first kappa shape index (κ1) is 18.6. The number of ether oxygens (including phenoxy) is 1. The summed E-state index contributed by atoms with van der Waals surface area (Å²) in [5.74, 6) is -0.325. The number of amides is 3. The molecule has 0 bridgehead atoms. The van der Waals surface area contributed by atoms with Crippen molar-refractivity contribution >= 4 is 35.4 Å². The predicted octanol–water partition coefficient (Wildman–Crippen LogP) is 2.13. The number of nitrogens with one attached hydrogen (secondary N) is 3. The Morgan fingerprint density at radius 1 is 1.35 bits per heavy atom. The number of para-hydroxylation sites is 1. The molecule has 0 spiro atoms. The molecule has 2 aliphatic heterocycles.